The Bertz CT molecular complexity index is 1720. The first-order valence-corrected chi connectivity index (χ1v) is 17.1. The lowest BCUT2D eigenvalue weighted by atomic mass is 10.1. The van der Waals surface area contributed by atoms with Gasteiger partial charge in [-0.15, -0.1) is 0 Å². The topological polar surface area (TPSA) is 162 Å². The minimum atomic E-state index is -1.23. The predicted octanol–water partition coefficient (Wildman–Crippen LogP) is 5.39. The third-order valence-electron chi connectivity index (χ3n) is 7.82. The Morgan fingerprint density at radius 1 is 0.731 bits per heavy atom. The van der Waals surface area contributed by atoms with Gasteiger partial charge >= 0.3 is 12.1 Å². The van der Waals surface area contributed by atoms with Crippen LogP contribution in [-0.2, 0) is 48.3 Å². The van der Waals surface area contributed by atoms with Gasteiger partial charge in [0, 0.05) is 19.5 Å². The minimum absolute atomic E-state index is 0.00769. The van der Waals surface area contributed by atoms with Gasteiger partial charge in [0.15, 0.2) is 0 Å². The monoisotopic (exact) mass is 707 g/mol. The second-order valence-corrected chi connectivity index (χ2v) is 11.9. The molecule has 272 valence electrons. The van der Waals surface area contributed by atoms with Gasteiger partial charge in [-0.1, -0.05) is 121 Å². The molecule has 12 nitrogen and oxygen atoms in total. The highest BCUT2D eigenvalue weighted by Crippen LogP contribution is 2.19. The van der Waals surface area contributed by atoms with E-state index in [2.05, 4.69) is 15.8 Å². The molecule has 2 atom stereocenters. The first kappa shape index (κ1) is 38.8. The van der Waals surface area contributed by atoms with Crippen molar-refractivity contribution in [3.05, 3.63) is 144 Å². The number of hydroxylamine groups is 1. The molecule has 4 aromatic carbocycles. The molecule has 4 rings (SSSR count). The number of ether oxygens (including phenoxy) is 2. The summed E-state index contributed by atoms with van der Waals surface area (Å²) in [4.78, 5) is 62.6. The van der Waals surface area contributed by atoms with Gasteiger partial charge in [0.2, 0.25) is 18.0 Å². The summed E-state index contributed by atoms with van der Waals surface area (Å²) in [5, 5.41) is 2.61. The number of esters is 1. The maximum absolute atomic E-state index is 13.0. The van der Waals surface area contributed by atoms with Crippen LogP contribution in [0, 0.1) is 0 Å². The number of aliphatic imine (C=N–C) groups is 1. The van der Waals surface area contributed by atoms with Gasteiger partial charge in [-0.05, 0) is 48.4 Å². The van der Waals surface area contributed by atoms with Crippen LogP contribution in [0.1, 0.15) is 54.5 Å². The third kappa shape index (κ3) is 13.4. The van der Waals surface area contributed by atoms with Gasteiger partial charge in [-0.2, -0.15) is 0 Å². The molecule has 0 fully saturated rings. The van der Waals surface area contributed by atoms with Crippen LogP contribution in [0.4, 0.5) is 4.79 Å². The Morgan fingerprint density at radius 2 is 1.27 bits per heavy atom. The molecule has 0 aliphatic rings. The number of nitrogens with one attached hydrogen (secondary N) is 2. The molecule has 4 aromatic rings. The minimum Gasteiger partial charge on any atom is -0.459 e. The lowest BCUT2D eigenvalue weighted by molar-refractivity contribution is -0.168. The van der Waals surface area contributed by atoms with Crippen LogP contribution < -0.4 is 16.5 Å². The molecular formula is C40H45N5O7. The molecule has 0 aliphatic carbocycles. The van der Waals surface area contributed by atoms with E-state index < -0.39 is 36.0 Å². The van der Waals surface area contributed by atoms with E-state index in [9.17, 15) is 19.2 Å². The molecule has 0 heterocycles. The molecule has 4 N–H and O–H groups in total. The Labute approximate surface area is 303 Å². The van der Waals surface area contributed by atoms with E-state index in [0.717, 1.165) is 23.1 Å². The van der Waals surface area contributed by atoms with Crippen molar-refractivity contribution in [3.63, 3.8) is 0 Å². The van der Waals surface area contributed by atoms with Crippen molar-refractivity contribution < 1.29 is 33.5 Å². The summed E-state index contributed by atoms with van der Waals surface area (Å²) in [5.74, 6) is -1.76. The zero-order valence-electron chi connectivity index (χ0n) is 29.2. The number of carbonyl (C=O) groups is 4. The van der Waals surface area contributed by atoms with Crippen molar-refractivity contribution in [1.82, 2.24) is 15.7 Å². The summed E-state index contributed by atoms with van der Waals surface area (Å²) in [5.41, 5.74) is 11.8. The summed E-state index contributed by atoms with van der Waals surface area (Å²) in [6.07, 6.45) is -0.129. The summed E-state index contributed by atoms with van der Waals surface area (Å²) in [7, 11) is 0. The average Bonchev–Trinajstić information content (AvgIpc) is 3.18. The third-order valence-corrected chi connectivity index (χ3v) is 7.82. The number of rotatable bonds is 18. The van der Waals surface area contributed by atoms with E-state index in [1.54, 1.807) is 30.3 Å². The molecule has 12 heteroatoms. The van der Waals surface area contributed by atoms with Gasteiger partial charge < -0.3 is 20.5 Å². The van der Waals surface area contributed by atoms with Crippen molar-refractivity contribution in [2.75, 3.05) is 13.1 Å². The van der Waals surface area contributed by atoms with E-state index in [-0.39, 0.29) is 32.1 Å². The Hall–Kier alpha value is -6.01. The lowest BCUT2D eigenvalue weighted by Crippen LogP contribution is -2.45. The number of hydrogen-bond donors (Lipinski definition) is 3. The van der Waals surface area contributed by atoms with Crippen LogP contribution in [0.15, 0.2) is 126 Å². The molecule has 0 bridgehead atoms. The van der Waals surface area contributed by atoms with E-state index in [1.807, 2.05) is 91.0 Å². The highest BCUT2D eigenvalue weighted by molar-refractivity contribution is 5.93. The van der Waals surface area contributed by atoms with Crippen molar-refractivity contribution in [2.45, 2.75) is 58.0 Å². The number of benzene rings is 4. The van der Waals surface area contributed by atoms with Crippen molar-refractivity contribution in [1.29, 1.82) is 0 Å². The standard InChI is InChI=1S/C40H45N5O7/c1-30(37(47)44-52-36(34-23-12-5-13-24-34)38(48)50-28-32-18-8-3-9-19-32)43-35(46)25-14-26-42-39(41)45(27-15-22-31-16-6-2-7-17-31)40(49)51-29-33-20-10-4-11-21-33/h2-13,16-21,23-24,30,36H,14-15,22,25-29H2,1H3,(H2,41,42)(H,43,46)(H,44,47). The molecule has 52 heavy (non-hydrogen) atoms. The normalized spacial score (nSPS) is 12.2. The van der Waals surface area contributed by atoms with E-state index in [0.29, 0.717) is 24.9 Å². The Kier molecular flexibility index (Phi) is 15.9. The van der Waals surface area contributed by atoms with E-state index in [4.69, 9.17) is 20.0 Å². The number of nitrogens with two attached hydrogens (primary N) is 1. The number of amides is 3. The van der Waals surface area contributed by atoms with E-state index in [1.165, 1.54) is 11.8 Å². The number of aryl methyl sites for hydroxylation is 1. The summed E-state index contributed by atoms with van der Waals surface area (Å²) in [6, 6.07) is 36.1. The van der Waals surface area contributed by atoms with Gasteiger partial charge in [-0.25, -0.2) is 20.0 Å². The van der Waals surface area contributed by atoms with Crippen LogP contribution >= 0.6 is 0 Å². The van der Waals surface area contributed by atoms with Gasteiger partial charge in [-0.3, -0.25) is 19.4 Å². The summed E-state index contributed by atoms with van der Waals surface area (Å²) in [6.45, 7) is 2.07. The largest absolute Gasteiger partial charge is 0.459 e. The van der Waals surface area contributed by atoms with Crippen LogP contribution in [-0.4, -0.2) is 53.9 Å². The summed E-state index contributed by atoms with van der Waals surface area (Å²) < 4.78 is 11.0. The second kappa shape index (κ2) is 21.3. The fourth-order valence-corrected chi connectivity index (χ4v) is 4.97. The van der Waals surface area contributed by atoms with Crippen LogP contribution in [0.25, 0.3) is 0 Å². The first-order chi connectivity index (χ1) is 25.3. The SMILES string of the molecule is CC(NC(=O)CCCN=C(N)N(CCCc1ccccc1)C(=O)OCc1ccccc1)C(=O)NOC(C(=O)OCc1ccccc1)c1ccccc1. The van der Waals surface area contributed by atoms with Crippen molar-refractivity contribution in [2.24, 2.45) is 10.7 Å². The predicted molar refractivity (Wildman–Crippen MR) is 196 cm³/mol. The zero-order chi connectivity index (χ0) is 37.0. The molecule has 0 saturated heterocycles. The number of hydrogen-bond acceptors (Lipinski definition) is 8. The second-order valence-electron chi connectivity index (χ2n) is 11.9. The van der Waals surface area contributed by atoms with Crippen LogP contribution in [0.3, 0.4) is 0 Å². The molecule has 0 spiro atoms. The summed E-state index contributed by atoms with van der Waals surface area (Å²) >= 11 is 0. The highest BCUT2D eigenvalue weighted by Gasteiger charge is 2.26. The van der Waals surface area contributed by atoms with Crippen molar-refractivity contribution >= 4 is 29.8 Å². The lowest BCUT2D eigenvalue weighted by Gasteiger charge is -2.21. The van der Waals surface area contributed by atoms with Crippen molar-refractivity contribution in [3.8, 4) is 0 Å². The van der Waals surface area contributed by atoms with Gasteiger partial charge in [0.1, 0.15) is 19.3 Å². The first-order valence-electron chi connectivity index (χ1n) is 17.1. The molecule has 0 aliphatic heterocycles. The highest BCUT2D eigenvalue weighted by atomic mass is 16.7. The van der Waals surface area contributed by atoms with Crippen LogP contribution in [0.5, 0.6) is 0 Å². The quantitative estimate of drug-likeness (QED) is 0.0408. The molecule has 3 amide bonds. The molecule has 0 aromatic heterocycles. The van der Waals surface area contributed by atoms with E-state index >= 15 is 0 Å². The number of nitrogens with zero attached hydrogens (tertiary/aromatic N) is 2. The number of carbonyl (C=O) groups excluding carboxylic acids is 4. The fraction of sp³-hybridized carbons (Fsp3) is 0.275. The maximum atomic E-state index is 13.0. The van der Waals surface area contributed by atoms with Crippen LogP contribution in [0.2, 0.25) is 0 Å². The number of guanidine groups is 1. The molecular weight excluding hydrogens is 662 g/mol. The molecule has 0 radical (unpaired) electrons. The fourth-order valence-electron chi connectivity index (χ4n) is 4.97. The Morgan fingerprint density at radius 3 is 1.87 bits per heavy atom. The van der Waals surface area contributed by atoms with Gasteiger partial charge in [0.05, 0.1) is 0 Å². The molecule has 2 unspecified atom stereocenters. The smallest absolute Gasteiger partial charge is 0.416 e. The molecule has 0 saturated carbocycles. The maximum Gasteiger partial charge on any atom is 0.416 e. The zero-order valence-corrected chi connectivity index (χ0v) is 29.2. The van der Waals surface area contributed by atoms with Gasteiger partial charge in [0.25, 0.3) is 5.91 Å². The Balaban J connectivity index is 1.24. The average molecular weight is 708 g/mol.